The Kier molecular flexibility index (Phi) is 8.89. The van der Waals surface area contributed by atoms with Crippen LogP contribution in [0.1, 0.15) is 12.5 Å². The number of hydrogen-bond donors (Lipinski definition) is 2. The minimum Gasteiger partial charge on any atom is -0.493 e. The molecule has 24 heavy (non-hydrogen) atoms. The third kappa shape index (κ3) is 5.85. The molecule has 7 heteroatoms. The smallest absolute Gasteiger partial charge is 0.234 e. The van der Waals surface area contributed by atoms with Crippen LogP contribution in [0.5, 0.6) is 11.5 Å². The molecule has 1 heterocycles. The van der Waals surface area contributed by atoms with Crippen molar-refractivity contribution in [2.24, 2.45) is 0 Å². The Balaban J connectivity index is 0.00000288. The van der Waals surface area contributed by atoms with Gasteiger partial charge in [0.15, 0.2) is 11.5 Å². The first-order valence-electron chi connectivity index (χ1n) is 8.06. The second-order valence-electron chi connectivity index (χ2n) is 5.81. The molecule has 1 aliphatic rings. The maximum absolute atomic E-state index is 12.1. The summed E-state index contributed by atoms with van der Waals surface area (Å²) in [6, 6.07) is 6.23. The molecule has 136 valence electrons. The molecule has 0 aromatic heterocycles. The highest BCUT2D eigenvalue weighted by molar-refractivity contribution is 5.85. The highest BCUT2D eigenvalue weighted by Gasteiger charge is 2.19. The van der Waals surface area contributed by atoms with Crippen LogP contribution in [-0.2, 0) is 11.2 Å². The van der Waals surface area contributed by atoms with Gasteiger partial charge in [-0.05, 0) is 31.0 Å². The number of benzene rings is 1. The molecule has 0 saturated carbocycles. The molecule has 2 N–H and O–H groups in total. The monoisotopic (exact) mass is 357 g/mol. The number of amides is 1. The zero-order chi connectivity index (χ0) is 16.7. The summed E-state index contributed by atoms with van der Waals surface area (Å²) in [5.74, 6) is 1.51. The summed E-state index contributed by atoms with van der Waals surface area (Å²) in [7, 11) is 3.24. The summed E-state index contributed by atoms with van der Waals surface area (Å²) in [6.45, 7) is 6.04. The average Bonchev–Trinajstić information content (AvgIpc) is 2.56. The molecular formula is C17H28ClN3O3. The number of ether oxygens (including phenoxy) is 2. The van der Waals surface area contributed by atoms with Crippen molar-refractivity contribution < 1.29 is 14.3 Å². The van der Waals surface area contributed by atoms with E-state index >= 15 is 0 Å². The van der Waals surface area contributed by atoms with Crippen LogP contribution < -0.4 is 20.1 Å². The molecule has 0 aliphatic carbocycles. The lowest BCUT2D eigenvalue weighted by Crippen LogP contribution is -2.52. The topological polar surface area (TPSA) is 62.8 Å². The van der Waals surface area contributed by atoms with E-state index in [0.717, 1.165) is 31.6 Å². The van der Waals surface area contributed by atoms with E-state index in [1.165, 1.54) is 0 Å². The Morgan fingerprint density at radius 1 is 1.33 bits per heavy atom. The van der Waals surface area contributed by atoms with Crippen LogP contribution in [0.4, 0.5) is 0 Å². The molecule has 1 aromatic carbocycles. The summed E-state index contributed by atoms with van der Waals surface area (Å²) in [6.07, 6.45) is 0.767. The largest absolute Gasteiger partial charge is 0.493 e. The number of hydrogen-bond acceptors (Lipinski definition) is 5. The number of nitrogens with one attached hydrogen (secondary N) is 2. The molecule has 1 saturated heterocycles. The van der Waals surface area contributed by atoms with Crippen molar-refractivity contribution >= 4 is 18.3 Å². The van der Waals surface area contributed by atoms with E-state index in [1.54, 1.807) is 14.2 Å². The second kappa shape index (κ2) is 10.4. The number of methoxy groups -OCH3 is 2. The molecule has 2 rings (SSSR count). The van der Waals surface area contributed by atoms with E-state index in [-0.39, 0.29) is 18.3 Å². The number of rotatable bonds is 7. The van der Waals surface area contributed by atoms with Crippen LogP contribution in [0.3, 0.4) is 0 Å². The fraction of sp³-hybridized carbons (Fsp3) is 0.588. The van der Waals surface area contributed by atoms with Gasteiger partial charge >= 0.3 is 0 Å². The minimum absolute atomic E-state index is 0. The van der Waals surface area contributed by atoms with E-state index < -0.39 is 0 Å². The lowest BCUT2D eigenvalue weighted by Gasteiger charge is -2.33. The number of halogens is 1. The van der Waals surface area contributed by atoms with Crippen LogP contribution in [0.2, 0.25) is 0 Å². The van der Waals surface area contributed by atoms with Crippen molar-refractivity contribution in [2.75, 3.05) is 46.9 Å². The number of piperazine rings is 1. The van der Waals surface area contributed by atoms with Crippen LogP contribution in [-0.4, -0.2) is 63.8 Å². The minimum atomic E-state index is 0. The lowest BCUT2D eigenvalue weighted by molar-refractivity contribution is -0.122. The maximum Gasteiger partial charge on any atom is 0.234 e. The van der Waals surface area contributed by atoms with Crippen LogP contribution >= 0.6 is 12.4 Å². The Morgan fingerprint density at radius 3 is 2.75 bits per heavy atom. The van der Waals surface area contributed by atoms with Crippen molar-refractivity contribution in [3.8, 4) is 11.5 Å². The molecule has 1 aliphatic heterocycles. The lowest BCUT2D eigenvalue weighted by atomic mass is 10.1. The zero-order valence-electron chi connectivity index (χ0n) is 14.6. The quantitative estimate of drug-likeness (QED) is 0.764. The third-order valence-electron chi connectivity index (χ3n) is 4.17. The summed E-state index contributed by atoms with van der Waals surface area (Å²) in [5.41, 5.74) is 1.11. The molecule has 1 aromatic rings. The fourth-order valence-corrected chi connectivity index (χ4v) is 2.74. The average molecular weight is 358 g/mol. The van der Waals surface area contributed by atoms with Gasteiger partial charge in [0, 0.05) is 32.2 Å². The second-order valence-corrected chi connectivity index (χ2v) is 5.81. The van der Waals surface area contributed by atoms with Gasteiger partial charge < -0.3 is 20.1 Å². The SMILES string of the molecule is COc1ccc(CCNC(=O)CN2CCNC[C@@H]2C)cc1OC.Cl. The number of carbonyl (C=O) groups is 1. The fourth-order valence-electron chi connectivity index (χ4n) is 2.74. The third-order valence-corrected chi connectivity index (χ3v) is 4.17. The molecule has 0 spiro atoms. The Labute approximate surface area is 150 Å². The van der Waals surface area contributed by atoms with Gasteiger partial charge in [0.1, 0.15) is 0 Å². The number of nitrogens with zero attached hydrogens (tertiary/aromatic N) is 1. The zero-order valence-corrected chi connectivity index (χ0v) is 15.4. The number of carbonyl (C=O) groups excluding carboxylic acids is 1. The first kappa shape index (κ1) is 20.5. The van der Waals surface area contributed by atoms with Crippen molar-refractivity contribution in [1.29, 1.82) is 0 Å². The van der Waals surface area contributed by atoms with E-state index in [1.807, 2.05) is 18.2 Å². The van der Waals surface area contributed by atoms with Gasteiger partial charge in [-0.15, -0.1) is 12.4 Å². The van der Waals surface area contributed by atoms with Crippen LogP contribution in [0.25, 0.3) is 0 Å². The van der Waals surface area contributed by atoms with Gasteiger partial charge in [0.2, 0.25) is 5.91 Å². The van der Waals surface area contributed by atoms with Crippen LogP contribution in [0, 0.1) is 0 Å². The first-order valence-corrected chi connectivity index (χ1v) is 8.06. The first-order chi connectivity index (χ1) is 11.1. The normalized spacial score (nSPS) is 17.7. The highest BCUT2D eigenvalue weighted by atomic mass is 35.5. The molecule has 1 amide bonds. The van der Waals surface area contributed by atoms with E-state index in [0.29, 0.717) is 30.6 Å². The van der Waals surface area contributed by atoms with E-state index in [4.69, 9.17) is 9.47 Å². The molecule has 0 unspecified atom stereocenters. The maximum atomic E-state index is 12.1. The van der Waals surface area contributed by atoms with Gasteiger partial charge in [0.05, 0.1) is 20.8 Å². The Bertz CT molecular complexity index is 528. The van der Waals surface area contributed by atoms with Crippen molar-refractivity contribution in [3.05, 3.63) is 23.8 Å². The van der Waals surface area contributed by atoms with Gasteiger partial charge in [-0.3, -0.25) is 9.69 Å². The predicted molar refractivity (Wildman–Crippen MR) is 97.4 cm³/mol. The Morgan fingerprint density at radius 2 is 2.08 bits per heavy atom. The molecule has 1 atom stereocenters. The van der Waals surface area contributed by atoms with Crippen LogP contribution in [0.15, 0.2) is 18.2 Å². The van der Waals surface area contributed by atoms with Crippen molar-refractivity contribution in [2.45, 2.75) is 19.4 Å². The van der Waals surface area contributed by atoms with E-state index in [9.17, 15) is 4.79 Å². The molecular weight excluding hydrogens is 330 g/mol. The molecule has 1 fully saturated rings. The van der Waals surface area contributed by atoms with Gasteiger partial charge in [-0.2, -0.15) is 0 Å². The van der Waals surface area contributed by atoms with Gasteiger partial charge in [-0.25, -0.2) is 0 Å². The van der Waals surface area contributed by atoms with Gasteiger partial charge in [0.25, 0.3) is 0 Å². The predicted octanol–water partition coefficient (Wildman–Crippen LogP) is 1.08. The van der Waals surface area contributed by atoms with Crippen molar-refractivity contribution in [3.63, 3.8) is 0 Å². The molecule has 0 radical (unpaired) electrons. The standard InChI is InChI=1S/C17H27N3O3.ClH/c1-13-11-18-8-9-20(13)12-17(21)19-7-6-14-4-5-15(22-2)16(10-14)23-3;/h4-5,10,13,18H,6-9,11-12H2,1-3H3,(H,19,21);1H/t13-;/m0./s1. The van der Waals surface area contributed by atoms with Crippen molar-refractivity contribution in [1.82, 2.24) is 15.5 Å². The molecule has 0 bridgehead atoms. The Hall–Kier alpha value is -1.50. The van der Waals surface area contributed by atoms with Gasteiger partial charge in [-0.1, -0.05) is 6.07 Å². The van der Waals surface area contributed by atoms with E-state index in [2.05, 4.69) is 22.5 Å². The summed E-state index contributed by atoms with van der Waals surface area (Å²) < 4.78 is 10.5. The summed E-state index contributed by atoms with van der Waals surface area (Å²) in [4.78, 5) is 14.3. The highest BCUT2D eigenvalue weighted by Crippen LogP contribution is 2.27. The summed E-state index contributed by atoms with van der Waals surface area (Å²) in [5, 5.41) is 6.32. The summed E-state index contributed by atoms with van der Waals surface area (Å²) >= 11 is 0. The molecule has 6 nitrogen and oxygen atoms in total.